The highest BCUT2D eigenvalue weighted by atomic mass is 35.5. The van der Waals surface area contributed by atoms with E-state index in [4.69, 9.17) is 16.3 Å². The number of rotatable bonds is 7. The van der Waals surface area contributed by atoms with E-state index in [2.05, 4.69) is 5.32 Å². The number of benzene rings is 2. The number of ether oxygens (including phenoxy) is 1. The van der Waals surface area contributed by atoms with Crippen molar-refractivity contribution in [3.8, 4) is 0 Å². The van der Waals surface area contributed by atoms with Gasteiger partial charge in [-0.2, -0.15) is 0 Å². The number of hydrogen-bond acceptors (Lipinski definition) is 6. The van der Waals surface area contributed by atoms with Gasteiger partial charge >= 0.3 is 5.97 Å². The molecule has 0 radical (unpaired) electrons. The molecule has 1 amide bonds. The van der Waals surface area contributed by atoms with Crippen molar-refractivity contribution >= 4 is 45.7 Å². The average molecular weight is 425 g/mol. The molecule has 0 saturated carbocycles. The second kappa shape index (κ2) is 9.43. The van der Waals surface area contributed by atoms with E-state index >= 15 is 0 Å². The fraction of sp³-hybridized carbons (Fsp3) is 0.222. The molecule has 28 heavy (non-hydrogen) atoms. The molecule has 1 N–H and O–H groups in total. The van der Waals surface area contributed by atoms with Crippen LogP contribution < -0.4 is 5.32 Å². The Bertz CT molecular complexity index is 949. The van der Waals surface area contributed by atoms with Crippen LogP contribution in [0.3, 0.4) is 0 Å². The summed E-state index contributed by atoms with van der Waals surface area (Å²) in [7, 11) is -1.06. The third kappa shape index (κ3) is 5.86. The summed E-state index contributed by atoms with van der Waals surface area (Å²) in [6.45, 7) is 1.36. The quantitative estimate of drug-likeness (QED) is 0.414. The number of nitrogens with zero attached hydrogens (tertiary/aromatic N) is 1. The zero-order valence-electron chi connectivity index (χ0n) is 15.0. The largest absolute Gasteiger partial charge is 0.449 e. The highest BCUT2D eigenvalue weighted by Crippen LogP contribution is 2.27. The molecule has 0 aliphatic rings. The van der Waals surface area contributed by atoms with Crippen LogP contribution in [0.25, 0.3) is 0 Å². The number of carbonyl (C=O) groups excluding carboxylic acids is 2. The van der Waals surface area contributed by atoms with E-state index in [-0.39, 0.29) is 22.0 Å². The van der Waals surface area contributed by atoms with Crippen molar-refractivity contribution in [2.45, 2.75) is 18.8 Å². The fourth-order valence-corrected chi connectivity index (χ4v) is 3.08. The molecule has 0 fully saturated rings. The highest BCUT2D eigenvalue weighted by Gasteiger charge is 2.21. The van der Waals surface area contributed by atoms with Crippen molar-refractivity contribution in [2.24, 2.45) is 0 Å². The Morgan fingerprint density at radius 1 is 1.29 bits per heavy atom. The molecule has 148 valence electrons. The van der Waals surface area contributed by atoms with E-state index < -0.39 is 33.7 Å². The minimum Gasteiger partial charge on any atom is -0.449 e. The molecule has 2 aromatic carbocycles. The fourth-order valence-electron chi connectivity index (χ4n) is 2.26. The number of anilines is 1. The SMILES string of the molecule is CC(OC(=O)c1cccc(CS(C)=O)c1)C(=O)Nc1cc([N+](=O)[O-])ccc1Cl. The second-order valence-corrected chi connectivity index (χ2v) is 7.72. The predicted molar refractivity (Wildman–Crippen MR) is 106 cm³/mol. The number of nitro benzene ring substituents is 1. The summed E-state index contributed by atoms with van der Waals surface area (Å²) in [4.78, 5) is 34.8. The monoisotopic (exact) mass is 424 g/mol. The Balaban J connectivity index is 2.06. The Morgan fingerprint density at radius 3 is 2.64 bits per heavy atom. The molecule has 0 aliphatic carbocycles. The summed E-state index contributed by atoms with van der Waals surface area (Å²) < 4.78 is 16.5. The van der Waals surface area contributed by atoms with E-state index in [0.29, 0.717) is 11.3 Å². The lowest BCUT2D eigenvalue weighted by Crippen LogP contribution is -2.30. The molecule has 10 heteroatoms. The molecule has 2 unspecified atom stereocenters. The average Bonchev–Trinajstić information content (AvgIpc) is 2.62. The first-order chi connectivity index (χ1) is 13.2. The van der Waals surface area contributed by atoms with Crippen LogP contribution in [0.5, 0.6) is 0 Å². The topological polar surface area (TPSA) is 116 Å². The molecule has 8 nitrogen and oxygen atoms in total. The van der Waals surface area contributed by atoms with Gasteiger partial charge in [-0.15, -0.1) is 0 Å². The summed E-state index contributed by atoms with van der Waals surface area (Å²) in [5.41, 5.74) is 0.720. The van der Waals surface area contributed by atoms with Crippen LogP contribution in [-0.4, -0.2) is 33.4 Å². The number of amides is 1. The Morgan fingerprint density at radius 2 is 2.00 bits per heavy atom. The number of hydrogen-bond donors (Lipinski definition) is 1. The Labute approximate surface area is 168 Å². The molecule has 0 heterocycles. The molecular weight excluding hydrogens is 408 g/mol. The third-order valence-electron chi connectivity index (χ3n) is 3.60. The van der Waals surface area contributed by atoms with Crippen LogP contribution in [0.4, 0.5) is 11.4 Å². The van der Waals surface area contributed by atoms with Crippen LogP contribution in [0.15, 0.2) is 42.5 Å². The number of nitrogens with one attached hydrogen (secondary N) is 1. The standard InChI is InChI=1S/C18H17ClN2O6S/c1-11(17(22)20-16-9-14(21(24)25)6-7-15(16)19)27-18(23)13-5-3-4-12(8-13)10-28(2)26/h3-9,11H,10H2,1-2H3,(H,20,22). The van der Waals surface area contributed by atoms with Crippen molar-refractivity contribution in [2.75, 3.05) is 11.6 Å². The van der Waals surface area contributed by atoms with Gasteiger partial charge in [0.1, 0.15) is 0 Å². The van der Waals surface area contributed by atoms with Crippen molar-refractivity contribution < 1.29 is 23.5 Å². The maximum atomic E-state index is 12.3. The lowest BCUT2D eigenvalue weighted by molar-refractivity contribution is -0.384. The van der Waals surface area contributed by atoms with E-state index in [0.717, 1.165) is 6.07 Å². The van der Waals surface area contributed by atoms with Crippen LogP contribution in [0.1, 0.15) is 22.8 Å². The maximum Gasteiger partial charge on any atom is 0.338 e. The predicted octanol–water partition coefficient (Wildman–Crippen LogP) is 3.31. The Hall–Kier alpha value is -2.78. The summed E-state index contributed by atoms with van der Waals surface area (Å²) in [6, 6.07) is 10.0. The van der Waals surface area contributed by atoms with Crippen LogP contribution in [0, 0.1) is 10.1 Å². The van der Waals surface area contributed by atoms with E-state index in [1.807, 2.05) is 0 Å². The van der Waals surface area contributed by atoms with Crippen molar-refractivity contribution in [1.29, 1.82) is 0 Å². The van der Waals surface area contributed by atoms with Crippen LogP contribution in [0.2, 0.25) is 5.02 Å². The third-order valence-corrected chi connectivity index (χ3v) is 4.67. The molecule has 0 aliphatic heterocycles. The Kier molecular flexibility index (Phi) is 7.24. The van der Waals surface area contributed by atoms with Gasteiger partial charge in [0.25, 0.3) is 11.6 Å². The van der Waals surface area contributed by atoms with Crippen molar-refractivity contribution in [1.82, 2.24) is 0 Å². The lowest BCUT2D eigenvalue weighted by atomic mass is 10.1. The number of carbonyl (C=O) groups is 2. The highest BCUT2D eigenvalue weighted by molar-refractivity contribution is 7.83. The van der Waals surface area contributed by atoms with Gasteiger partial charge in [-0.1, -0.05) is 23.7 Å². The first-order valence-corrected chi connectivity index (χ1v) is 10.1. The number of nitro groups is 1. The van der Waals surface area contributed by atoms with E-state index in [1.165, 1.54) is 25.1 Å². The van der Waals surface area contributed by atoms with Crippen LogP contribution in [-0.2, 0) is 26.1 Å². The van der Waals surface area contributed by atoms with E-state index in [1.54, 1.807) is 24.5 Å². The molecule has 2 aromatic rings. The number of halogens is 1. The van der Waals surface area contributed by atoms with Gasteiger partial charge in [0.05, 0.1) is 21.2 Å². The minimum absolute atomic E-state index is 0.0381. The van der Waals surface area contributed by atoms with Gasteiger partial charge in [-0.05, 0) is 30.7 Å². The normalized spacial score (nSPS) is 12.7. The first kappa shape index (κ1) is 21.5. The summed E-state index contributed by atoms with van der Waals surface area (Å²) >= 11 is 5.94. The molecule has 0 aromatic heterocycles. The minimum atomic E-state index is -1.17. The van der Waals surface area contributed by atoms with Gasteiger partial charge < -0.3 is 10.1 Å². The summed E-state index contributed by atoms with van der Waals surface area (Å²) in [5, 5.41) is 13.4. The maximum absolute atomic E-state index is 12.3. The first-order valence-electron chi connectivity index (χ1n) is 8.02. The number of esters is 1. The summed E-state index contributed by atoms with van der Waals surface area (Å²) in [6.07, 6.45) is 0.378. The van der Waals surface area contributed by atoms with Crippen molar-refractivity contribution in [3.05, 3.63) is 68.7 Å². The molecule has 0 saturated heterocycles. The molecule has 0 spiro atoms. The molecule has 0 bridgehead atoms. The molecule has 2 atom stereocenters. The number of non-ortho nitro benzene ring substituents is 1. The second-order valence-electron chi connectivity index (χ2n) is 5.88. The smallest absolute Gasteiger partial charge is 0.338 e. The zero-order chi connectivity index (χ0) is 20.8. The van der Waals surface area contributed by atoms with E-state index in [9.17, 15) is 23.9 Å². The van der Waals surface area contributed by atoms with Gasteiger partial charge in [0.2, 0.25) is 0 Å². The van der Waals surface area contributed by atoms with Gasteiger partial charge in [0.15, 0.2) is 6.10 Å². The molecular formula is C18H17ClN2O6S. The van der Waals surface area contributed by atoms with Gasteiger partial charge in [0, 0.05) is 34.9 Å². The van der Waals surface area contributed by atoms with Gasteiger partial charge in [-0.25, -0.2) is 4.79 Å². The van der Waals surface area contributed by atoms with Crippen LogP contribution >= 0.6 is 11.6 Å². The zero-order valence-corrected chi connectivity index (χ0v) is 16.6. The summed E-state index contributed by atoms with van der Waals surface area (Å²) in [5.74, 6) is -1.12. The van der Waals surface area contributed by atoms with Crippen molar-refractivity contribution in [3.63, 3.8) is 0 Å². The molecule has 2 rings (SSSR count). The lowest BCUT2D eigenvalue weighted by Gasteiger charge is -2.14. The van der Waals surface area contributed by atoms with Gasteiger partial charge in [-0.3, -0.25) is 19.1 Å².